The van der Waals surface area contributed by atoms with Crippen LogP contribution in [0.2, 0.25) is 0 Å². The van der Waals surface area contributed by atoms with Crippen molar-refractivity contribution in [3.05, 3.63) is 57.9 Å². The zero-order chi connectivity index (χ0) is 18.8. The fourth-order valence-corrected chi connectivity index (χ4v) is 3.46. The predicted molar refractivity (Wildman–Crippen MR) is 104 cm³/mol. The molecule has 0 unspecified atom stereocenters. The molecule has 0 fully saturated rings. The van der Waals surface area contributed by atoms with E-state index in [2.05, 4.69) is 36.4 Å². The maximum absolute atomic E-state index is 12.3. The lowest BCUT2D eigenvalue weighted by atomic mass is 9.99. The van der Waals surface area contributed by atoms with Crippen LogP contribution in [0.15, 0.2) is 24.3 Å². The third kappa shape index (κ3) is 3.62. The smallest absolute Gasteiger partial charge is 0.220 e. The van der Waals surface area contributed by atoms with Crippen LogP contribution in [-0.4, -0.2) is 20.7 Å². The summed E-state index contributed by atoms with van der Waals surface area (Å²) < 4.78 is 1.82. The van der Waals surface area contributed by atoms with Gasteiger partial charge in [-0.1, -0.05) is 29.8 Å². The third-order valence-corrected chi connectivity index (χ3v) is 4.94. The topological polar surface area (TPSA) is 59.8 Å². The minimum atomic E-state index is 0.0624. The largest absolute Gasteiger partial charge is 0.352 e. The lowest BCUT2D eigenvalue weighted by Crippen LogP contribution is -2.23. The maximum atomic E-state index is 12.3. The monoisotopic (exact) mass is 350 g/mol. The lowest BCUT2D eigenvalue weighted by Gasteiger charge is -2.11. The van der Waals surface area contributed by atoms with Crippen LogP contribution >= 0.6 is 0 Å². The summed E-state index contributed by atoms with van der Waals surface area (Å²) in [6, 6.07) is 8.22. The summed E-state index contributed by atoms with van der Waals surface area (Å²) in [7, 11) is 1.92. The Morgan fingerprint density at radius 2 is 1.77 bits per heavy atom. The number of carbonyl (C=O) groups excluding carboxylic acids is 1. The molecule has 0 saturated heterocycles. The Bertz CT molecular complexity index is 955. The Hall–Kier alpha value is -2.69. The molecule has 3 aromatic rings. The van der Waals surface area contributed by atoms with Gasteiger partial charge in [-0.25, -0.2) is 4.98 Å². The molecular formula is C21H26N4O. The molecule has 1 aromatic carbocycles. The van der Waals surface area contributed by atoms with E-state index in [1.54, 1.807) is 0 Å². The zero-order valence-electron chi connectivity index (χ0n) is 16.2. The number of aryl methyl sites for hydroxylation is 5. The van der Waals surface area contributed by atoms with E-state index in [1.165, 1.54) is 11.1 Å². The number of benzene rings is 1. The SMILES string of the molecule is Cc1ccc(CNC(=O)CCc2c(C)nc3c(c(C)nn3C)c2C)cc1. The van der Waals surface area contributed by atoms with Gasteiger partial charge in [0.2, 0.25) is 5.91 Å². The van der Waals surface area contributed by atoms with Gasteiger partial charge in [-0.3, -0.25) is 9.48 Å². The van der Waals surface area contributed by atoms with Crippen LogP contribution in [-0.2, 0) is 24.8 Å². The Balaban J connectivity index is 1.68. The van der Waals surface area contributed by atoms with Crippen molar-refractivity contribution < 1.29 is 4.79 Å². The van der Waals surface area contributed by atoms with E-state index in [-0.39, 0.29) is 5.91 Å². The van der Waals surface area contributed by atoms with Gasteiger partial charge in [-0.05, 0) is 50.8 Å². The van der Waals surface area contributed by atoms with E-state index in [0.717, 1.165) is 33.5 Å². The van der Waals surface area contributed by atoms with Crippen molar-refractivity contribution in [3.63, 3.8) is 0 Å². The fraction of sp³-hybridized carbons (Fsp3) is 0.381. The molecule has 5 heteroatoms. The van der Waals surface area contributed by atoms with Gasteiger partial charge in [0.05, 0.1) is 5.69 Å². The molecule has 2 heterocycles. The standard InChI is InChI=1S/C21H26N4O/c1-13-6-8-17(9-7-13)12-22-19(26)11-10-18-14(2)20-16(4)24-25(5)21(20)23-15(18)3/h6-9H,10-12H2,1-5H3,(H,22,26). The summed E-state index contributed by atoms with van der Waals surface area (Å²) in [6.45, 7) is 8.74. The minimum absolute atomic E-state index is 0.0624. The fourth-order valence-electron chi connectivity index (χ4n) is 3.46. The van der Waals surface area contributed by atoms with Gasteiger partial charge in [-0.2, -0.15) is 5.10 Å². The van der Waals surface area contributed by atoms with Crippen LogP contribution in [0.3, 0.4) is 0 Å². The molecule has 1 amide bonds. The molecule has 0 aliphatic carbocycles. The normalized spacial score (nSPS) is 11.1. The Kier molecular flexibility index (Phi) is 5.07. The van der Waals surface area contributed by atoms with Crippen molar-refractivity contribution in [1.29, 1.82) is 0 Å². The highest BCUT2D eigenvalue weighted by Gasteiger charge is 2.16. The van der Waals surface area contributed by atoms with Gasteiger partial charge in [-0.15, -0.1) is 0 Å². The molecule has 0 radical (unpaired) electrons. The number of fused-ring (bicyclic) bond motifs is 1. The molecule has 1 N–H and O–H groups in total. The molecule has 0 saturated carbocycles. The first-order valence-electron chi connectivity index (χ1n) is 8.98. The van der Waals surface area contributed by atoms with Crippen LogP contribution in [0, 0.1) is 27.7 Å². The highest BCUT2D eigenvalue weighted by atomic mass is 16.1. The van der Waals surface area contributed by atoms with Gasteiger partial charge in [0.1, 0.15) is 0 Å². The van der Waals surface area contributed by atoms with Crippen molar-refractivity contribution in [3.8, 4) is 0 Å². The van der Waals surface area contributed by atoms with E-state index in [1.807, 2.05) is 37.7 Å². The highest BCUT2D eigenvalue weighted by molar-refractivity contribution is 5.84. The average Bonchev–Trinajstić information content (AvgIpc) is 2.88. The first kappa shape index (κ1) is 18.1. The molecule has 26 heavy (non-hydrogen) atoms. The zero-order valence-corrected chi connectivity index (χ0v) is 16.2. The minimum Gasteiger partial charge on any atom is -0.352 e. The van der Waals surface area contributed by atoms with E-state index >= 15 is 0 Å². The quantitative estimate of drug-likeness (QED) is 0.767. The van der Waals surface area contributed by atoms with E-state index in [4.69, 9.17) is 4.98 Å². The van der Waals surface area contributed by atoms with Gasteiger partial charge < -0.3 is 5.32 Å². The van der Waals surface area contributed by atoms with Gasteiger partial charge in [0.25, 0.3) is 0 Å². The van der Waals surface area contributed by atoms with Crippen molar-refractivity contribution in [1.82, 2.24) is 20.1 Å². The molecule has 0 spiro atoms. The molecule has 2 aromatic heterocycles. The molecule has 5 nitrogen and oxygen atoms in total. The number of nitrogens with one attached hydrogen (secondary N) is 1. The first-order chi connectivity index (χ1) is 12.4. The van der Waals surface area contributed by atoms with Crippen molar-refractivity contribution in [2.24, 2.45) is 7.05 Å². The molecule has 3 rings (SSSR count). The van der Waals surface area contributed by atoms with Crippen molar-refractivity contribution in [2.45, 2.75) is 47.1 Å². The number of amides is 1. The van der Waals surface area contributed by atoms with Crippen molar-refractivity contribution >= 4 is 16.9 Å². The number of hydrogen-bond donors (Lipinski definition) is 1. The third-order valence-electron chi connectivity index (χ3n) is 4.94. The van der Waals surface area contributed by atoms with Crippen LogP contribution in [0.5, 0.6) is 0 Å². The van der Waals surface area contributed by atoms with E-state index in [9.17, 15) is 4.79 Å². The predicted octanol–water partition coefficient (Wildman–Crippen LogP) is 3.45. The molecule has 0 aliphatic heterocycles. The van der Waals surface area contributed by atoms with E-state index in [0.29, 0.717) is 19.4 Å². The molecule has 0 atom stereocenters. The molecule has 0 bridgehead atoms. The molecule has 0 aliphatic rings. The van der Waals surface area contributed by atoms with Crippen molar-refractivity contribution in [2.75, 3.05) is 0 Å². The Morgan fingerprint density at radius 1 is 1.08 bits per heavy atom. The number of hydrogen-bond acceptors (Lipinski definition) is 3. The first-order valence-corrected chi connectivity index (χ1v) is 8.98. The van der Waals surface area contributed by atoms with Crippen LogP contribution in [0.25, 0.3) is 11.0 Å². The van der Waals surface area contributed by atoms with E-state index < -0.39 is 0 Å². The van der Waals surface area contributed by atoms with Crippen LogP contribution in [0.1, 0.15) is 40.1 Å². The summed E-state index contributed by atoms with van der Waals surface area (Å²) in [4.78, 5) is 17.0. The average molecular weight is 350 g/mol. The van der Waals surface area contributed by atoms with Gasteiger partial charge in [0.15, 0.2) is 5.65 Å². The van der Waals surface area contributed by atoms with Gasteiger partial charge >= 0.3 is 0 Å². The summed E-state index contributed by atoms with van der Waals surface area (Å²) in [5.41, 5.74) is 7.54. The second kappa shape index (κ2) is 7.28. The Labute approximate surface area is 154 Å². The lowest BCUT2D eigenvalue weighted by molar-refractivity contribution is -0.121. The second-order valence-corrected chi connectivity index (χ2v) is 6.97. The summed E-state index contributed by atoms with van der Waals surface area (Å²) in [5, 5.41) is 8.58. The van der Waals surface area contributed by atoms with Crippen LogP contribution in [0.4, 0.5) is 0 Å². The number of rotatable bonds is 5. The summed E-state index contributed by atoms with van der Waals surface area (Å²) in [5.74, 6) is 0.0624. The number of carbonyl (C=O) groups is 1. The summed E-state index contributed by atoms with van der Waals surface area (Å²) >= 11 is 0. The number of aromatic nitrogens is 3. The number of pyridine rings is 1. The van der Waals surface area contributed by atoms with Gasteiger partial charge in [0, 0.05) is 31.1 Å². The maximum Gasteiger partial charge on any atom is 0.220 e. The van der Waals surface area contributed by atoms with Crippen LogP contribution < -0.4 is 5.32 Å². The highest BCUT2D eigenvalue weighted by Crippen LogP contribution is 2.25. The molecule has 136 valence electrons. The Morgan fingerprint density at radius 3 is 2.46 bits per heavy atom. The number of nitrogens with zero attached hydrogens (tertiary/aromatic N) is 3. The second-order valence-electron chi connectivity index (χ2n) is 6.97. The molecular weight excluding hydrogens is 324 g/mol. The summed E-state index contributed by atoms with van der Waals surface area (Å²) in [6.07, 6.45) is 1.15.